The van der Waals surface area contributed by atoms with Crippen LogP contribution in [0.1, 0.15) is 61.1 Å². The number of likely N-dealkylation sites (tertiary alicyclic amines) is 1. The minimum atomic E-state index is -0.481. The van der Waals surface area contributed by atoms with Crippen molar-refractivity contribution in [2.45, 2.75) is 69.6 Å². The van der Waals surface area contributed by atoms with Crippen molar-refractivity contribution in [1.82, 2.24) is 24.3 Å². The quantitative estimate of drug-likeness (QED) is 0.185. The molecule has 12 heteroatoms. The average molecular weight is 765 g/mol. The third-order valence-corrected chi connectivity index (χ3v) is 13.8. The molecule has 6 aliphatic rings. The van der Waals surface area contributed by atoms with Gasteiger partial charge in [0.05, 0.1) is 39.8 Å². The predicted octanol–water partition coefficient (Wildman–Crippen LogP) is 7.49. The number of anilines is 1. The topological polar surface area (TPSA) is 99.2 Å². The summed E-state index contributed by atoms with van der Waals surface area (Å²) in [6.45, 7) is 4.24. The molecule has 9 nitrogen and oxygen atoms in total. The van der Waals surface area contributed by atoms with Crippen LogP contribution in [-0.4, -0.2) is 56.6 Å². The first-order valence-electron chi connectivity index (χ1n) is 19.1. The molecule has 0 spiro atoms. The molecule has 276 valence electrons. The van der Waals surface area contributed by atoms with Gasteiger partial charge in [0.1, 0.15) is 5.52 Å². The van der Waals surface area contributed by atoms with Crippen molar-refractivity contribution in [1.29, 1.82) is 5.26 Å². The highest BCUT2D eigenvalue weighted by atomic mass is 35.5. The van der Waals surface area contributed by atoms with Crippen LogP contribution < -0.4 is 15.8 Å². The van der Waals surface area contributed by atoms with Crippen LogP contribution in [0.15, 0.2) is 53.5 Å². The van der Waals surface area contributed by atoms with E-state index >= 15 is 4.39 Å². The van der Waals surface area contributed by atoms with Crippen molar-refractivity contribution < 1.29 is 9.18 Å². The Hall–Kier alpha value is -4.43. The number of nitrogens with zero attached hydrogens (tertiary/aromatic N) is 6. The van der Waals surface area contributed by atoms with Gasteiger partial charge >= 0.3 is 0 Å². The summed E-state index contributed by atoms with van der Waals surface area (Å²) < 4.78 is 21.4. The highest BCUT2D eigenvalue weighted by Crippen LogP contribution is 2.54. The number of nitrogens with one attached hydrogen (secondary N) is 1. The maximum Gasteiger partial charge on any atom is 0.252 e. The second-order valence-corrected chi connectivity index (χ2v) is 16.9. The van der Waals surface area contributed by atoms with E-state index in [1.165, 1.54) is 0 Å². The normalized spacial score (nSPS) is 25.8. The van der Waals surface area contributed by atoms with E-state index in [0.29, 0.717) is 51.7 Å². The molecule has 5 aromatic rings. The molecule has 0 radical (unpaired) electrons. The molecular formula is C42H40Cl2FN7O2. The molecule has 11 rings (SSSR count). The highest BCUT2D eigenvalue weighted by molar-refractivity contribution is 6.43. The fourth-order valence-corrected chi connectivity index (χ4v) is 10.6. The van der Waals surface area contributed by atoms with Crippen molar-refractivity contribution >= 4 is 56.6 Å². The first-order chi connectivity index (χ1) is 26.1. The van der Waals surface area contributed by atoms with Gasteiger partial charge in [0.25, 0.3) is 5.56 Å². The lowest BCUT2D eigenvalue weighted by Gasteiger charge is -2.40. The van der Waals surface area contributed by atoms with E-state index in [1.54, 1.807) is 35.9 Å². The van der Waals surface area contributed by atoms with Crippen molar-refractivity contribution in [3.05, 3.63) is 91.8 Å². The number of fused-ring (bicyclic) bond motifs is 6. The Morgan fingerprint density at radius 3 is 2.65 bits per heavy atom. The first-order valence-corrected chi connectivity index (χ1v) is 19.8. The maximum absolute atomic E-state index is 17.3. The number of hydrogen-bond donors (Lipinski definition) is 1. The van der Waals surface area contributed by atoms with Gasteiger partial charge < -0.3 is 24.3 Å². The molecule has 2 aliphatic carbocycles. The van der Waals surface area contributed by atoms with Crippen molar-refractivity contribution in [2.24, 2.45) is 24.8 Å². The van der Waals surface area contributed by atoms with Crippen LogP contribution in [0, 0.1) is 41.8 Å². The van der Waals surface area contributed by atoms with E-state index in [4.69, 9.17) is 28.2 Å². The number of carbonyl (C=O) groups is 1. The number of aromatic nitrogens is 3. The van der Waals surface area contributed by atoms with Crippen LogP contribution in [0.2, 0.25) is 10.0 Å². The fourth-order valence-electron chi connectivity index (χ4n) is 10.3. The van der Waals surface area contributed by atoms with Crippen molar-refractivity contribution in [3.63, 3.8) is 0 Å². The number of pyridine rings is 2. The Morgan fingerprint density at radius 1 is 1.09 bits per heavy atom. The zero-order valence-electron chi connectivity index (χ0n) is 30.2. The standard InChI is InChI=1S/C42H40Cl2FN7O2/c1-21-29-17-33(40-25-13-27(51(40)42(54)22-8-9-22)20-50(19-25)26-10-12-49(2)34(53)16-26)52(39-24-15-32(39)47-18-24)41(29)30-14-23(5-4-11-46)35(37(45)38(30)48-21)28-6-3-7-31(43)36(28)44/h3,6-7,10,12,14,16-17,22,24-25,27,32,39-40,47H,4-5,8-9,13,15,18-20H2,1-2H3/t24-,25+,27-,32-,39+,40-/m1/s1. The van der Waals surface area contributed by atoms with Gasteiger partial charge in [-0.3, -0.25) is 9.59 Å². The summed E-state index contributed by atoms with van der Waals surface area (Å²) in [6, 6.07) is 15.6. The molecule has 4 bridgehead atoms. The molecule has 3 aromatic heterocycles. The number of carbonyl (C=O) groups excluding carboxylic acids is 1. The van der Waals surface area contributed by atoms with Gasteiger partial charge in [0.2, 0.25) is 5.91 Å². The van der Waals surface area contributed by atoms with Gasteiger partial charge in [-0.05, 0) is 74.8 Å². The molecule has 6 fully saturated rings. The molecule has 54 heavy (non-hydrogen) atoms. The van der Waals surface area contributed by atoms with E-state index in [2.05, 4.69) is 31.8 Å². The average Bonchev–Trinajstić information content (AvgIpc) is 3.44. The molecule has 2 aromatic carbocycles. The van der Waals surface area contributed by atoms with Gasteiger partial charge in [-0.1, -0.05) is 35.3 Å². The van der Waals surface area contributed by atoms with Gasteiger partial charge in [-0.15, -0.1) is 0 Å². The summed E-state index contributed by atoms with van der Waals surface area (Å²) in [7, 11) is 1.76. The molecule has 6 atom stereocenters. The number of aryl methyl sites for hydroxylation is 3. The third kappa shape index (κ3) is 5.08. The summed E-state index contributed by atoms with van der Waals surface area (Å²) in [5.74, 6) is 0.318. The van der Waals surface area contributed by atoms with Crippen LogP contribution in [0.5, 0.6) is 0 Å². The zero-order valence-corrected chi connectivity index (χ0v) is 31.7. The van der Waals surface area contributed by atoms with Crippen LogP contribution >= 0.6 is 23.2 Å². The molecule has 2 saturated carbocycles. The summed E-state index contributed by atoms with van der Waals surface area (Å²) in [5.41, 5.74) is 5.28. The van der Waals surface area contributed by atoms with E-state index in [0.717, 1.165) is 61.1 Å². The number of hydrogen-bond acceptors (Lipinski definition) is 6. The maximum atomic E-state index is 17.3. The third-order valence-electron chi connectivity index (χ3n) is 13.0. The number of rotatable bonds is 7. The zero-order chi connectivity index (χ0) is 37.2. The second-order valence-electron chi connectivity index (χ2n) is 16.1. The molecule has 1 N–H and O–H groups in total. The largest absolute Gasteiger partial charge is 0.369 e. The molecule has 0 unspecified atom stereocenters. The lowest BCUT2D eigenvalue weighted by Crippen LogP contribution is -2.45. The Balaban J connectivity index is 1.21. The number of halogens is 3. The number of benzene rings is 2. The summed E-state index contributed by atoms with van der Waals surface area (Å²) in [5, 5.41) is 15.6. The molecule has 4 saturated heterocycles. The summed E-state index contributed by atoms with van der Waals surface area (Å²) >= 11 is 13.2. The minimum Gasteiger partial charge on any atom is -0.369 e. The van der Waals surface area contributed by atoms with Crippen molar-refractivity contribution in [3.8, 4) is 17.2 Å². The SMILES string of the molecule is Cc1nc2c(F)c(-c3cccc(Cl)c3Cl)c(CCC#N)cc2c2c1cc([C@H]1[C@H]3C[C@H](CN(c4ccn(C)c(=O)c4)C3)N1C(=O)C1CC1)n2[C@H]1[C@H]2CN[C@@H]1C2. The van der Waals surface area contributed by atoms with Gasteiger partial charge in [0, 0.05) is 102 Å². The molecule has 4 aliphatic heterocycles. The summed E-state index contributed by atoms with van der Waals surface area (Å²) in [4.78, 5) is 36.6. The Bertz CT molecular complexity index is 2510. The van der Waals surface area contributed by atoms with Crippen LogP contribution in [0.4, 0.5) is 10.1 Å². The van der Waals surface area contributed by atoms with E-state index in [-0.39, 0.29) is 64.4 Å². The van der Waals surface area contributed by atoms with Gasteiger partial charge in [-0.25, -0.2) is 9.37 Å². The second kappa shape index (κ2) is 12.6. The highest BCUT2D eigenvalue weighted by Gasteiger charge is 2.55. The van der Waals surface area contributed by atoms with E-state index < -0.39 is 5.82 Å². The molecule has 7 heterocycles. The van der Waals surface area contributed by atoms with Crippen LogP contribution in [0.3, 0.4) is 0 Å². The Kier molecular flexibility index (Phi) is 7.92. The summed E-state index contributed by atoms with van der Waals surface area (Å²) in [6.07, 6.45) is 6.13. The lowest BCUT2D eigenvalue weighted by molar-refractivity contribution is -0.135. The lowest BCUT2D eigenvalue weighted by atomic mass is 9.79. The number of piperidine rings is 1. The van der Waals surface area contributed by atoms with Gasteiger partial charge in [0.15, 0.2) is 5.82 Å². The van der Waals surface area contributed by atoms with Gasteiger partial charge in [-0.2, -0.15) is 5.26 Å². The minimum absolute atomic E-state index is 0.00426. The Morgan fingerprint density at radius 2 is 1.93 bits per heavy atom. The Labute approximate surface area is 322 Å². The molecule has 1 amide bonds. The first kappa shape index (κ1) is 34.1. The monoisotopic (exact) mass is 763 g/mol. The van der Waals surface area contributed by atoms with Crippen LogP contribution in [0.25, 0.3) is 32.9 Å². The van der Waals surface area contributed by atoms with E-state index in [9.17, 15) is 14.9 Å². The van der Waals surface area contributed by atoms with E-state index in [1.807, 2.05) is 25.3 Å². The number of nitriles is 1. The smallest absolute Gasteiger partial charge is 0.252 e. The number of amides is 1. The van der Waals surface area contributed by atoms with Crippen molar-refractivity contribution in [2.75, 3.05) is 24.5 Å². The predicted molar refractivity (Wildman–Crippen MR) is 208 cm³/mol. The molecular weight excluding hydrogens is 724 g/mol. The van der Waals surface area contributed by atoms with Crippen LogP contribution in [-0.2, 0) is 18.3 Å². The fraction of sp³-hybridized carbons (Fsp3) is 0.429.